The number of amides is 2. The number of carboxylic acids is 1. The van der Waals surface area contributed by atoms with Gasteiger partial charge < -0.3 is 27.6 Å². The number of carbonyl (C=O) groups is 3. The molecule has 8 nitrogen and oxygen atoms in total. The monoisotopic (exact) mass is 454 g/mol. The van der Waals surface area contributed by atoms with Crippen molar-refractivity contribution in [3.05, 3.63) is 70.8 Å². The van der Waals surface area contributed by atoms with Gasteiger partial charge in [-0.25, -0.2) is 4.79 Å². The molecule has 0 spiro atoms. The largest absolute Gasteiger partial charge is 0.480 e. The maximum atomic E-state index is 11.8. The zero-order chi connectivity index (χ0) is 24.2. The molecule has 33 heavy (non-hydrogen) atoms. The van der Waals surface area contributed by atoms with Crippen molar-refractivity contribution in [3.63, 3.8) is 0 Å². The number of hydrogen-bond donors (Lipinski definition) is 5. The second-order valence-electron chi connectivity index (χ2n) is 8.14. The smallest absolute Gasteiger partial charge is 0.326 e. The highest BCUT2D eigenvalue weighted by molar-refractivity contribution is 5.94. The molecule has 0 fully saturated rings. The molecule has 1 aliphatic rings. The highest BCUT2D eigenvalue weighted by Gasteiger charge is 2.23. The first-order valence-corrected chi connectivity index (χ1v) is 11.3. The predicted molar refractivity (Wildman–Crippen MR) is 128 cm³/mol. The van der Waals surface area contributed by atoms with Crippen LogP contribution in [0, 0.1) is 0 Å². The van der Waals surface area contributed by atoms with Crippen LogP contribution in [0.4, 0.5) is 0 Å². The minimum atomic E-state index is -1.08. The first-order valence-electron chi connectivity index (χ1n) is 11.3. The van der Waals surface area contributed by atoms with Crippen LogP contribution in [-0.2, 0) is 28.9 Å². The van der Waals surface area contributed by atoms with Gasteiger partial charge in [-0.05, 0) is 67.8 Å². The third-order valence-corrected chi connectivity index (χ3v) is 5.61. The lowest BCUT2D eigenvalue weighted by atomic mass is 9.88. The maximum Gasteiger partial charge on any atom is 0.326 e. The average molecular weight is 455 g/mol. The zero-order valence-electron chi connectivity index (χ0n) is 18.8. The molecule has 0 aliphatic heterocycles. The van der Waals surface area contributed by atoms with Crippen molar-refractivity contribution < 1.29 is 19.5 Å². The molecule has 2 atom stereocenters. The molecule has 0 saturated heterocycles. The Kier molecular flexibility index (Phi) is 10.5. The van der Waals surface area contributed by atoms with Crippen LogP contribution in [0.1, 0.15) is 52.7 Å². The van der Waals surface area contributed by atoms with Crippen molar-refractivity contribution in [2.75, 3.05) is 6.54 Å². The summed E-state index contributed by atoms with van der Waals surface area (Å²) >= 11 is 0. The molecule has 0 unspecified atom stereocenters. The van der Waals surface area contributed by atoms with Gasteiger partial charge in [0, 0.05) is 12.0 Å². The fraction of sp³-hybridized carbons (Fsp3) is 0.400. The number of fused-ring (bicyclic) bond motifs is 1. The number of nitrogens with one attached hydrogen (secondary N) is 1. The Morgan fingerprint density at radius 1 is 1.00 bits per heavy atom. The summed E-state index contributed by atoms with van der Waals surface area (Å²) in [5, 5.41) is 11.6. The summed E-state index contributed by atoms with van der Waals surface area (Å²) in [5.74, 6) is -1.83. The molecule has 3 rings (SSSR count). The third-order valence-electron chi connectivity index (χ3n) is 5.61. The standard InChI is InChI=1S/C14H21N3O3.C11H13NO/c15-8-4-7-11(16)13(18)17-12(14(19)20)9-10-5-2-1-3-6-10;12-11(13)10-7-3-5-8-4-1-2-6-9(8)10/h1-3,5-6,11-12H,4,7-9,15-16H2,(H,17,18)(H,19,20);3,5,7H,1-2,4,6H2,(H2,12,13)/t11-,12-;/m1./s1. The minimum absolute atomic E-state index is 0.228. The van der Waals surface area contributed by atoms with E-state index < -0.39 is 24.0 Å². The third kappa shape index (κ3) is 8.32. The van der Waals surface area contributed by atoms with E-state index in [0.717, 1.165) is 24.0 Å². The second kappa shape index (κ2) is 13.3. The number of hydrogen-bond acceptors (Lipinski definition) is 5. The summed E-state index contributed by atoms with van der Waals surface area (Å²) < 4.78 is 0. The average Bonchev–Trinajstić information content (AvgIpc) is 2.82. The topological polar surface area (TPSA) is 162 Å². The number of aryl methyl sites for hydroxylation is 1. The highest BCUT2D eigenvalue weighted by Crippen LogP contribution is 2.23. The number of aliphatic carboxylic acids is 1. The van der Waals surface area contributed by atoms with E-state index in [4.69, 9.17) is 22.3 Å². The minimum Gasteiger partial charge on any atom is -0.480 e. The van der Waals surface area contributed by atoms with Gasteiger partial charge in [-0.15, -0.1) is 0 Å². The van der Waals surface area contributed by atoms with Crippen LogP contribution in [0.25, 0.3) is 0 Å². The first kappa shape index (κ1) is 26.0. The quantitative estimate of drug-likeness (QED) is 0.386. The molecule has 0 radical (unpaired) electrons. The van der Waals surface area contributed by atoms with Gasteiger partial charge >= 0.3 is 5.97 Å². The van der Waals surface area contributed by atoms with Crippen molar-refractivity contribution in [1.82, 2.24) is 5.32 Å². The molecular weight excluding hydrogens is 420 g/mol. The highest BCUT2D eigenvalue weighted by atomic mass is 16.4. The van der Waals surface area contributed by atoms with Crippen LogP contribution in [0.2, 0.25) is 0 Å². The summed E-state index contributed by atoms with van der Waals surface area (Å²) in [5.41, 5.74) is 20.4. The Balaban J connectivity index is 0.000000254. The van der Waals surface area contributed by atoms with Gasteiger partial charge in [0.25, 0.3) is 0 Å². The van der Waals surface area contributed by atoms with E-state index in [1.165, 1.54) is 24.0 Å². The lowest BCUT2D eigenvalue weighted by Gasteiger charge is -2.17. The second-order valence-corrected chi connectivity index (χ2v) is 8.14. The molecule has 178 valence electrons. The summed E-state index contributed by atoms with van der Waals surface area (Å²) in [6.07, 6.45) is 5.81. The molecule has 8 heteroatoms. The summed E-state index contributed by atoms with van der Waals surface area (Å²) in [6.45, 7) is 0.452. The van der Waals surface area contributed by atoms with Crippen LogP contribution in [0.15, 0.2) is 48.5 Å². The van der Waals surface area contributed by atoms with Gasteiger partial charge in [-0.2, -0.15) is 0 Å². The molecule has 1 aliphatic carbocycles. The molecule has 2 amide bonds. The molecule has 2 aromatic carbocycles. The SMILES string of the molecule is NC(=O)c1cccc2c1CCCC2.NCCC[C@@H](N)C(=O)N[C@H](Cc1ccccc1)C(=O)O. The van der Waals surface area contributed by atoms with Crippen LogP contribution in [-0.4, -0.2) is 41.5 Å². The van der Waals surface area contributed by atoms with Crippen LogP contribution in [0.5, 0.6) is 0 Å². The molecule has 0 saturated carbocycles. The van der Waals surface area contributed by atoms with Gasteiger partial charge in [-0.1, -0.05) is 42.5 Å². The Labute approximate surface area is 194 Å². The van der Waals surface area contributed by atoms with Crippen molar-refractivity contribution in [1.29, 1.82) is 0 Å². The number of benzene rings is 2. The van der Waals surface area contributed by atoms with Crippen LogP contribution < -0.4 is 22.5 Å². The maximum absolute atomic E-state index is 11.8. The van der Waals surface area contributed by atoms with Gasteiger partial charge in [0.15, 0.2) is 0 Å². The zero-order valence-corrected chi connectivity index (χ0v) is 18.8. The van der Waals surface area contributed by atoms with Gasteiger partial charge in [0.1, 0.15) is 6.04 Å². The Bertz CT molecular complexity index is 933. The van der Waals surface area contributed by atoms with E-state index in [1.54, 1.807) is 0 Å². The molecular formula is C25H34N4O4. The molecule has 2 aromatic rings. The van der Waals surface area contributed by atoms with Gasteiger partial charge in [-0.3, -0.25) is 9.59 Å². The van der Waals surface area contributed by atoms with E-state index in [1.807, 2.05) is 42.5 Å². The Morgan fingerprint density at radius 3 is 2.33 bits per heavy atom. The fourth-order valence-electron chi connectivity index (χ4n) is 3.81. The van der Waals surface area contributed by atoms with Crippen LogP contribution in [0.3, 0.4) is 0 Å². The van der Waals surface area contributed by atoms with E-state index >= 15 is 0 Å². The van der Waals surface area contributed by atoms with Crippen molar-refractivity contribution in [2.24, 2.45) is 17.2 Å². The van der Waals surface area contributed by atoms with Gasteiger partial charge in [0.2, 0.25) is 11.8 Å². The van der Waals surface area contributed by atoms with Gasteiger partial charge in [0.05, 0.1) is 6.04 Å². The van der Waals surface area contributed by atoms with E-state index in [9.17, 15) is 14.4 Å². The first-order chi connectivity index (χ1) is 15.8. The number of nitrogens with two attached hydrogens (primary N) is 3. The Morgan fingerprint density at radius 2 is 1.70 bits per heavy atom. The summed E-state index contributed by atoms with van der Waals surface area (Å²) in [7, 11) is 0. The van der Waals surface area contributed by atoms with E-state index in [-0.39, 0.29) is 12.3 Å². The summed E-state index contributed by atoms with van der Waals surface area (Å²) in [6, 6.07) is 13.3. The fourth-order valence-corrected chi connectivity index (χ4v) is 3.81. The summed E-state index contributed by atoms with van der Waals surface area (Å²) in [4.78, 5) is 34.1. The van der Waals surface area contributed by atoms with E-state index in [2.05, 4.69) is 11.4 Å². The lowest BCUT2D eigenvalue weighted by molar-refractivity contribution is -0.142. The van der Waals surface area contributed by atoms with Crippen molar-refractivity contribution >= 4 is 17.8 Å². The molecule has 0 heterocycles. The number of carbonyl (C=O) groups excluding carboxylic acids is 2. The number of rotatable bonds is 9. The van der Waals surface area contributed by atoms with Crippen LogP contribution >= 0.6 is 0 Å². The lowest BCUT2D eigenvalue weighted by Crippen LogP contribution is -2.49. The molecule has 0 aromatic heterocycles. The van der Waals surface area contributed by atoms with Crippen molar-refractivity contribution in [3.8, 4) is 0 Å². The number of carboxylic acid groups (broad SMARTS) is 1. The molecule has 0 bridgehead atoms. The van der Waals surface area contributed by atoms with E-state index in [0.29, 0.717) is 19.4 Å². The van der Waals surface area contributed by atoms with Crippen molar-refractivity contribution in [2.45, 2.75) is 57.0 Å². The Hall–Kier alpha value is -3.23. The molecule has 8 N–H and O–H groups in total. The number of primary amides is 1. The normalized spacial score (nSPS) is 14.1. The predicted octanol–water partition coefficient (Wildman–Crippen LogP) is 1.53.